The van der Waals surface area contributed by atoms with Crippen LogP contribution in [-0.4, -0.2) is 30.5 Å². The van der Waals surface area contributed by atoms with Crippen LogP contribution >= 0.6 is 10.3 Å². The van der Waals surface area contributed by atoms with Gasteiger partial charge < -0.3 is 9.02 Å². The van der Waals surface area contributed by atoms with Gasteiger partial charge in [0.25, 0.3) is 0 Å². The van der Waals surface area contributed by atoms with E-state index in [1.807, 2.05) is 0 Å². The second-order valence-corrected chi connectivity index (χ2v) is 8.67. The van der Waals surface area contributed by atoms with Gasteiger partial charge in [-0.15, -0.1) is 10.3 Å². The highest BCUT2D eigenvalue weighted by molar-refractivity contribution is 8.29. The Kier molecular flexibility index (Phi) is 6.05. The third-order valence-electron chi connectivity index (χ3n) is 2.51. The van der Waals surface area contributed by atoms with Crippen molar-refractivity contribution in [2.45, 2.75) is 38.4 Å². The van der Waals surface area contributed by atoms with Crippen LogP contribution in [0.1, 0.15) is 33.6 Å². The highest BCUT2D eigenvalue weighted by Gasteiger charge is 2.28. The van der Waals surface area contributed by atoms with Crippen molar-refractivity contribution in [2.24, 2.45) is 5.90 Å². The Morgan fingerprint density at radius 3 is 2.00 bits per heavy atom. The summed E-state index contributed by atoms with van der Waals surface area (Å²) in [5, 5.41) is 0. The van der Waals surface area contributed by atoms with Crippen LogP contribution in [0, 0.1) is 0 Å². The van der Waals surface area contributed by atoms with E-state index in [4.69, 9.17) is 10.1 Å². The summed E-state index contributed by atoms with van der Waals surface area (Å²) in [6, 6.07) is 0. The quantitative estimate of drug-likeness (QED) is 0.555. The maximum atomic E-state index is 5.93. The first kappa shape index (κ1) is 14.2. The monoisotopic (exact) mass is 223 g/mol. The molecule has 0 unspecified atom stereocenters. The summed E-state index contributed by atoms with van der Waals surface area (Å²) in [4.78, 5) is 4.49. The number of unbranched alkanes of at least 4 members (excludes halogenated alkanes) is 1. The van der Waals surface area contributed by atoms with Crippen LogP contribution in [0.2, 0.25) is 0 Å². The van der Waals surface area contributed by atoms with E-state index in [1.165, 1.54) is 0 Å². The van der Waals surface area contributed by atoms with Crippen LogP contribution in [-0.2, 0) is 9.02 Å². The fourth-order valence-corrected chi connectivity index (χ4v) is 1.62. The van der Waals surface area contributed by atoms with Crippen molar-refractivity contribution in [3.8, 4) is 0 Å². The smallest absolute Gasteiger partial charge is 0.0680 e. The van der Waals surface area contributed by atoms with Gasteiger partial charge in [0.2, 0.25) is 0 Å². The van der Waals surface area contributed by atoms with Gasteiger partial charge in [0, 0.05) is 4.75 Å². The van der Waals surface area contributed by atoms with E-state index in [-0.39, 0.29) is 4.75 Å². The molecular formula is C10H25NO2S. The lowest BCUT2D eigenvalue weighted by atomic mass is 10.3. The molecule has 0 amide bonds. The molecule has 3 nitrogen and oxygen atoms in total. The van der Waals surface area contributed by atoms with Crippen LogP contribution in [0.15, 0.2) is 0 Å². The zero-order valence-corrected chi connectivity index (χ0v) is 10.9. The second kappa shape index (κ2) is 5.95. The largest absolute Gasteiger partial charge is 0.337 e. The van der Waals surface area contributed by atoms with Crippen molar-refractivity contribution in [3.63, 3.8) is 0 Å². The van der Waals surface area contributed by atoms with E-state index >= 15 is 0 Å². The highest BCUT2D eigenvalue weighted by atomic mass is 32.3. The van der Waals surface area contributed by atoms with Gasteiger partial charge in [-0.05, 0) is 25.4 Å². The zero-order valence-electron chi connectivity index (χ0n) is 10.1. The molecule has 0 aromatic rings. The summed E-state index contributed by atoms with van der Waals surface area (Å²) >= 11 is 0. The number of nitrogens with two attached hydrogens (primary N) is 1. The summed E-state index contributed by atoms with van der Waals surface area (Å²) in [6.45, 7) is 8.11. The van der Waals surface area contributed by atoms with Crippen LogP contribution in [0.4, 0.5) is 0 Å². The minimum absolute atomic E-state index is 0.247. The van der Waals surface area contributed by atoms with Crippen molar-refractivity contribution in [3.05, 3.63) is 0 Å². The van der Waals surface area contributed by atoms with Crippen molar-refractivity contribution in [2.75, 3.05) is 25.7 Å². The van der Waals surface area contributed by atoms with Crippen LogP contribution in [0.3, 0.4) is 0 Å². The van der Waals surface area contributed by atoms with Crippen molar-refractivity contribution in [1.29, 1.82) is 0 Å². The van der Waals surface area contributed by atoms with Gasteiger partial charge in [-0.1, -0.05) is 20.8 Å². The van der Waals surface area contributed by atoms with Gasteiger partial charge in [-0.2, -0.15) is 0 Å². The third-order valence-corrected chi connectivity index (χ3v) is 6.21. The molecule has 0 saturated carbocycles. The molecule has 14 heavy (non-hydrogen) atoms. The summed E-state index contributed by atoms with van der Waals surface area (Å²) in [7, 11) is -0.957. The molecule has 0 rings (SSSR count). The van der Waals surface area contributed by atoms with E-state index in [9.17, 15) is 0 Å². The maximum Gasteiger partial charge on any atom is 0.0680 e. The molecule has 0 bridgehead atoms. The third kappa shape index (κ3) is 5.20. The number of hydrogen-bond donors (Lipinski definition) is 1. The summed E-state index contributed by atoms with van der Waals surface area (Å²) < 4.78 is 6.17. The fourth-order valence-electron chi connectivity index (χ4n) is 0.731. The zero-order chi connectivity index (χ0) is 11.2. The molecule has 0 spiro atoms. The lowest BCUT2D eigenvalue weighted by Gasteiger charge is -2.43. The highest BCUT2D eigenvalue weighted by Crippen LogP contribution is 2.53. The maximum absolute atomic E-state index is 5.93. The average molecular weight is 223 g/mol. The number of hydrogen-bond acceptors (Lipinski definition) is 3. The van der Waals surface area contributed by atoms with Gasteiger partial charge in [0.05, 0.1) is 13.2 Å². The molecule has 0 radical (unpaired) electrons. The lowest BCUT2D eigenvalue weighted by Crippen LogP contribution is -2.25. The van der Waals surface area contributed by atoms with E-state index < -0.39 is 10.3 Å². The van der Waals surface area contributed by atoms with Gasteiger partial charge >= 0.3 is 0 Å². The Morgan fingerprint density at radius 1 is 1.07 bits per heavy atom. The van der Waals surface area contributed by atoms with E-state index in [1.54, 1.807) is 0 Å². The van der Waals surface area contributed by atoms with Crippen LogP contribution in [0.5, 0.6) is 0 Å². The number of rotatable bonds is 6. The van der Waals surface area contributed by atoms with Gasteiger partial charge in [0.1, 0.15) is 0 Å². The minimum Gasteiger partial charge on any atom is -0.337 e. The average Bonchev–Trinajstić information content (AvgIpc) is 2.02. The van der Waals surface area contributed by atoms with Gasteiger partial charge in [-0.25, -0.2) is 5.90 Å². The molecule has 0 fully saturated rings. The van der Waals surface area contributed by atoms with Crippen LogP contribution < -0.4 is 5.90 Å². The fraction of sp³-hybridized carbons (Fsp3) is 1.00. The topological polar surface area (TPSA) is 44.5 Å². The second-order valence-electron chi connectivity index (χ2n) is 4.75. The van der Waals surface area contributed by atoms with Crippen LogP contribution in [0.25, 0.3) is 0 Å². The van der Waals surface area contributed by atoms with Crippen molar-refractivity contribution in [1.82, 2.24) is 0 Å². The molecule has 0 saturated heterocycles. The molecule has 0 aliphatic rings. The Balaban J connectivity index is 3.67. The Labute approximate surface area is 89.8 Å². The molecule has 0 aromatic heterocycles. The first-order valence-electron chi connectivity index (χ1n) is 5.00. The molecule has 0 aliphatic heterocycles. The van der Waals surface area contributed by atoms with Gasteiger partial charge in [-0.3, -0.25) is 0 Å². The first-order valence-corrected chi connectivity index (χ1v) is 7.37. The van der Waals surface area contributed by atoms with Crippen molar-refractivity contribution >= 4 is 10.3 Å². The Hall–Kier alpha value is 0.230. The summed E-state index contributed by atoms with van der Waals surface area (Å²) in [6.07, 6.45) is 6.42. The van der Waals surface area contributed by atoms with E-state index in [0.717, 1.165) is 19.4 Å². The predicted molar refractivity (Wildman–Crippen MR) is 64.5 cm³/mol. The summed E-state index contributed by atoms with van der Waals surface area (Å²) in [5.41, 5.74) is 0. The van der Waals surface area contributed by atoms with Crippen molar-refractivity contribution < 1.29 is 9.02 Å². The molecule has 0 heterocycles. The molecule has 0 aromatic carbocycles. The molecular weight excluding hydrogens is 198 g/mol. The lowest BCUT2D eigenvalue weighted by molar-refractivity contribution is 0.130. The molecule has 2 N–H and O–H groups in total. The minimum atomic E-state index is -0.957. The predicted octanol–water partition coefficient (Wildman–Crippen LogP) is 2.45. The normalized spacial score (nSPS) is 14.4. The molecule has 88 valence electrons. The van der Waals surface area contributed by atoms with Gasteiger partial charge in [0.15, 0.2) is 0 Å². The van der Waals surface area contributed by atoms with E-state index in [2.05, 4.69) is 38.1 Å². The molecule has 0 aliphatic carbocycles. The SMILES string of the molecule is CC(C)(C)S(C)(C)OCCCCON. The summed E-state index contributed by atoms with van der Waals surface area (Å²) in [5.74, 6) is 4.93. The molecule has 4 heteroatoms. The molecule has 0 atom stereocenters. The standard InChI is InChI=1S/C10H25NO2S/c1-10(2,3)14(4,5)13-9-7-6-8-12-11/h6-9,11H2,1-5H3. The Bertz CT molecular complexity index is 155. The van der Waals surface area contributed by atoms with E-state index in [0.29, 0.717) is 6.61 Å². The Morgan fingerprint density at radius 2 is 1.57 bits per heavy atom. The first-order chi connectivity index (χ1) is 6.31.